The van der Waals surface area contributed by atoms with Crippen LogP contribution in [0.5, 0.6) is 0 Å². The number of nitriles is 1. The molecule has 0 aromatic heterocycles. The number of thioether (sulfide) groups is 1. The van der Waals surface area contributed by atoms with Crippen LogP contribution in [-0.2, 0) is 0 Å². The zero-order chi connectivity index (χ0) is 11.4. The van der Waals surface area contributed by atoms with E-state index >= 15 is 0 Å². The van der Waals surface area contributed by atoms with E-state index < -0.39 is 0 Å². The van der Waals surface area contributed by atoms with E-state index in [0.717, 1.165) is 23.9 Å². The van der Waals surface area contributed by atoms with Gasteiger partial charge in [0.25, 0.3) is 0 Å². The Balaban J connectivity index is 2.02. The van der Waals surface area contributed by atoms with Crippen molar-refractivity contribution >= 4 is 17.4 Å². The normalized spacial score (nSPS) is 17.1. The van der Waals surface area contributed by atoms with Gasteiger partial charge in [-0.25, -0.2) is 0 Å². The maximum Gasteiger partial charge on any atom is 0.138 e. The molecule has 84 valence electrons. The molecule has 16 heavy (non-hydrogen) atoms. The summed E-state index contributed by atoms with van der Waals surface area (Å²) in [6, 6.07) is 8.30. The summed E-state index contributed by atoms with van der Waals surface area (Å²) in [6.07, 6.45) is 2.57. The molecule has 1 aliphatic rings. The van der Waals surface area contributed by atoms with Crippen molar-refractivity contribution in [2.45, 2.75) is 24.7 Å². The lowest BCUT2D eigenvalue weighted by Crippen LogP contribution is -2.32. The second-order valence-electron chi connectivity index (χ2n) is 4.36. The van der Waals surface area contributed by atoms with Crippen molar-refractivity contribution in [3.05, 3.63) is 24.3 Å². The highest BCUT2D eigenvalue weighted by Crippen LogP contribution is 2.25. The first-order chi connectivity index (χ1) is 7.79. The van der Waals surface area contributed by atoms with E-state index in [4.69, 9.17) is 5.26 Å². The number of nitrogens with zero attached hydrogens (tertiary/aromatic N) is 2. The summed E-state index contributed by atoms with van der Waals surface area (Å²) in [5, 5.41) is 10.7. The van der Waals surface area contributed by atoms with Gasteiger partial charge in [-0.1, -0.05) is 6.92 Å². The third-order valence-corrected chi connectivity index (χ3v) is 3.75. The molecular weight excluding hydrogens is 216 g/mol. The fourth-order valence-electron chi connectivity index (χ4n) is 2.04. The molecule has 1 aliphatic heterocycles. The van der Waals surface area contributed by atoms with Crippen LogP contribution in [0.1, 0.15) is 19.8 Å². The van der Waals surface area contributed by atoms with Crippen LogP contribution in [0.4, 0.5) is 5.69 Å². The molecule has 0 unspecified atom stereocenters. The van der Waals surface area contributed by atoms with Crippen molar-refractivity contribution < 1.29 is 0 Å². The Morgan fingerprint density at radius 1 is 1.25 bits per heavy atom. The predicted octanol–water partition coefficient (Wildman–Crippen LogP) is 3.50. The standard InChI is InChI=1S/C13H16N2S/c1-11-6-8-15(9-7-11)12-2-4-13(5-3-12)16-10-14/h2-5,11H,6-9H2,1H3. The van der Waals surface area contributed by atoms with Crippen molar-refractivity contribution in [1.29, 1.82) is 5.26 Å². The summed E-state index contributed by atoms with van der Waals surface area (Å²) in [7, 11) is 0. The van der Waals surface area contributed by atoms with Gasteiger partial charge < -0.3 is 4.90 Å². The maximum atomic E-state index is 8.57. The second-order valence-corrected chi connectivity index (χ2v) is 5.21. The van der Waals surface area contributed by atoms with Crippen LogP contribution < -0.4 is 4.90 Å². The number of benzene rings is 1. The predicted molar refractivity (Wildman–Crippen MR) is 68.5 cm³/mol. The van der Waals surface area contributed by atoms with E-state index in [1.54, 1.807) is 0 Å². The van der Waals surface area contributed by atoms with Crippen LogP contribution in [0.3, 0.4) is 0 Å². The largest absolute Gasteiger partial charge is 0.372 e. The van der Waals surface area contributed by atoms with Crippen LogP contribution in [-0.4, -0.2) is 13.1 Å². The first-order valence-corrected chi connectivity index (χ1v) is 6.52. The summed E-state index contributed by atoms with van der Waals surface area (Å²) < 4.78 is 0. The molecular formula is C13H16N2S. The minimum atomic E-state index is 0.865. The van der Waals surface area contributed by atoms with Crippen LogP contribution in [0.25, 0.3) is 0 Å². The molecule has 0 saturated carbocycles. The Morgan fingerprint density at radius 2 is 1.88 bits per heavy atom. The van der Waals surface area contributed by atoms with Crippen LogP contribution >= 0.6 is 11.8 Å². The number of hydrogen-bond acceptors (Lipinski definition) is 3. The van der Waals surface area contributed by atoms with Crippen LogP contribution in [0, 0.1) is 16.6 Å². The van der Waals surface area contributed by atoms with Gasteiger partial charge in [0, 0.05) is 23.7 Å². The summed E-state index contributed by atoms with van der Waals surface area (Å²) in [5.74, 6) is 0.865. The van der Waals surface area contributed by atoms with E-state index in [9.17, 15) is 0 Å². The number of hydrogen-bond donors (Lipinski definition) is 0. The van der Waals surface area contributed by atoms with Gasteiger partial charge in [0.15, 0.2) is 0 Å². The van der Waals surface area contributed by atoms with Gasteiger partial charge in [-0.05, 0) is 54.8 Å². The molecule has 0 spiro atoms. The van der Waals surface area contributed by atoms with Gasteiger partial charge in [0.05, 0.1) is 0 Å². The maximum absolute atomic E-state index is 8.57. The highest BCUT2D eigenvalue weighted by Gasteiger charge is 2.15. The summed E-state index contributed by atoms with van der Waals surface area (Å²) in [6.45, 7) is 4.64. The molecule has 0 radical (unpaired) electrons. The average molecular weight is 232 g/mol. The van der Waals surface area contributed by atoms with Crippen molar-refractivity contribution in [1.82, 2.24) is 0 Å². The molecule has 0 bridgehead atoms. The minimum absolute atomic E-state index is 0.865. The lowest BCUT2D eigenvalue weighted by molar-refractivity contribution is 0.438. The Hall–Kier alpha value is -1.14. The lowest BCUT2D eigenvalue weighted by Gasteiger charge is -2.32. The fraction of sp³-hybridized carbons (Fsp3) is 0.462. The monoisotopic (exact) mass is 232 g/mol. The smallest absolute Gasteiger partial charge is 0.138 e. The lowest BCUT2D eigenvalue weighted by atomic mass is 9.99. The first kappa shape index (κ1) is 11.3. The quantitative estimate of drug-likeness (QED) is 0.577. The molecule has 2 rings (SSSR count). The first-order valence-electron chi connectivity index (χ1n) is 5.70. The van der Waals surface area contributed by atoms with E-state index in [2.05, 4.69) is 29.4 Å². The number of anilines is 1. The Bertz CT molecular complexity index is 372. The van der Waals surface area contributed by atoms with E-state index in [1.165, 1.54) is 30.3 Å². The van der Waals surface area contributed by atoms with Gasteiger partial charge in [-0.15, -0.1) is 0 Å². The third-order valence-electron chi connectivity index (χ3n) is 3.15. The van der Waals surface area contributed by atoms with Gasteiger partial charge >= 0.3 is 0 Å². The van der Waals surface area contributed by atoms with Crippen molar-refractivity contribution in [2.24, 2.45) is 5.92 Å². The number of rotatable bonds is 2. The fourth-order valence-corrected chi connectivity index (χ4v) is 2.42. The molecule has 3 heteroatoms. The highest BCUT2D eigenvalue weighted by atomic mass is 32.2. The molecule has 2 nitrogen and oxygen atoms in total. The van der Waals surface area contributed by atoms with Crippen LogP contribution in [0.15, 0.2) is 29.2 Å². The van der Waals surface area contributed by atoms with Crippen molar-refractivity contribution in [3.63, 3.8) is 0 Å². The van der Waals surface area contributed by atoms with E-state index in [0.29, 0.717) is 0 Å². The van der Waals surface area contributed by atoms with Crippen LogP contribution in [0.2, 0.25) is 0 Å². The van der Waals surface area contributed by atoms with E-state index in [-0.39, 0.29) is 0 Å². The Labute approximate surface area is 101 Å². The zero-order valence-corrected chi connectivity index (χ0v) is 10.3. The molecule has 0 amide bonds. The van der Waals surface area contributed by atoms with Gasteiger partial charge in [-0.3, -0.25) is 0 Å². The number of piperidine rings is 1. The highest BCUT2D eigenvalue weighted by molar-refractivity contribution is 8.03. The van der Waals surface area contributed by atoms with Gasteiger partial charge in [-0.2, -0.15) is 5.26 Å². The molecule has 1 fully saturated rings. The van der Waals surface area contributed by atoms with Crippen molar-refractivity contribution in [2.75, 3.05) is 18.0 Å². The average Bonchev–Trinajstić information content (AvgIpc) is 2.32. The van der Waals surface area contributed by atoms with E-state index in [1.807, 2.05) is 12.1 Å². The molecule has 0 aliphatic carbocycles. The SMILES string of the molecule is CC1CCN(c2ccc(SC#N)cc2)CC1. The number of thiocyanates is 1. The molecule has 1 saturated heterocycles. The summed E-state index contributed by atoms with van der Waals surface area (Å²) in [4.78, 5) is 3.46. The Morgan fingerprint density at radius 3 is 2.44 bits per heavy atom. The minimum Gasteiger partial charge on any atom is -0.372 e. The summed E-state index contributed by atoms with van der Waals surface area (Å²) >= 11 is 1.22. The summed E-state index contributed by atoms with van der Waals surface area (Å²) in [5.41, 5.74) is 1.29. The topological polar surface area (TPSA) is 27.0 Å². The van der Waals surface area contributed by atoms with Crippen molar-refractivity contribution in [3.8, 4) is 5.40 Å². The molecule has 1 aromatic rings. The zero-order valence-electron chi connectivity index (χ0n) is 9.52. The van der Waals surface area contributed by atoms with Gasteiger partial charge in [0.1, 0.15) is 5.40 Å². The van der Waals surface area contributed by atoms with Gasteiger partial charge in [0.2, 0.25) is 0 Å². The molecule has 0 N–H and O–H groups in total. The molecule has 0 atom stereocenters. The second kappa shape index (κ2) is 5.27. The molecule has 1 heterocycles. The Kier molecular flexibility index (Phi) is 3.74. The third kappa shape index (κ3) is 2.70. The molecule has 1 aromatic carbocycles.